The van der Waals surface area contributed by atoms with Crippen LogP contribution in [0, 0.1) is 0 Å². The molecular weight excluding hydrogens is 300 g/mol. The number of hydrogen-bond donors (Lipinski definition) is 2. The van der Waals surface area contributed by atoms with Crippen molar-refractivity contribution in [3.8, 4) is 0 Å². The van der Waals surface area contributed by atoms with Crippen molar-refractivity contribution in [2.75, 3.05) is 0 Å². The van der Waals surface area contributed by atoms with Crippen LogP contribution >= 0.6 is 11.6 Å². The van der Waals surface area contributed by atoms with Crippen LogP contribution in [-0.4, -0.2) is 26.7 Å². The van der Waals surface area contributed by atoms with Crippen LogP contribution in [0.1, 0.15) is 23.0 Å². The molecule has 0 radical (unpaired) electrons. The molecule has 0 aliphatic carbocycles. The van der Waals surface area contributed by atoms with Gasteiger partial charge in [0.25, 0.3) is 5.91 Å². The van der Waals surface area contributed by atoms with E-state index in [0.29, 0.717) is 10.7 Å². The van der Waals surface area contributed by atoms with Crippen molar-refractivity contribution in [2.45, 2.75) is 19.4 Å². The molecule has 1 atom stereocenters. The molecule has 2 heterocycles. The molecule has 0 saturated carbocycles. The molecule has 1 aromatic carbocycles. The monoisotopic (exact) mass is 316 g/mol. The predicted molar refractivity (Wildman–Crippen MR) is 87.1 cm³/mol. The zero-order chi connectivity index (χ0) is 15.7. The van der Waals surface area contributed by atoms with E-state index in [1.807, 2.05) is 44.6 Å². The van der Waals surface area contributed by atoms with Gasteiger partial charge in [0, 0.05) is 35.2 Å². The second-order valence-electron chi connectivity index (χ2n) is 5.52. The summed E-state index contributed by atoms with van der Waals surface area (Å²) in [7, 11) is 1.88. The van der Waals surface area contributed by atoms with Gasteiger partial charge in [0.2, 0.25) is 0 Å². The van der Waals surface area contributed by atoms with Crippen LogP contribution in [0.4, 0.5) is 0 Å². The first kappa shape index (κ1) is 14.7. The first-order valence-electron chi connectivity index (χ1n) is 7.08. The molecule has 1 unspecified atom stereocenters. The smallest absolute Gasteiger partial charge is 0.267 e. The quantitative estimate of drug-likeness (QED) is 0.777. The van der Waals surface area contributed by atoms with Gasteiger partial charge in [0.1, 0.15) is 5.69 Å². The number of carbonyl (C=O) groups is 1. The highest BCUT2D eigenvalue weighted by molar-refractivity contribution is 6.31. The number of nitrogens with one attached hydrogen (secondary N) is 2. The first-order valence-corrected chi connectivity index (χ1v) is 7.46. The second-order valence-corrected chi connectivity index (χ2v) is 5.95. The van der Waals surface area contributed by atoms with Gasteiger partial charge in [-0.2, -0.15) is 5.10 Å². The molecule has 0 bridgehead atoms. The lowest BCUT2D eigenvalue weighted by molar-refractivity contribution is 0.0936. The normalized spacial score (nSPS) is 12.5. The number of aromatic nitrogens is 3. The fourth-order valence-electron chi connectivity index (χ4n) is 2.51. The van der Waals surface area contributed by atoms with Crippen LogP contribution < -0.4 is 5.32 Å². The van der Waals surface area contributed by atoms with Crippen molar-refractivity contribution in [1.29, 1.82) is 0 Å². The van der Waals surface area contributed by atoms with Crippen LogP contribution in [-0.2, 0) is 13.5 Å². The highest BCUT2D eigenvalue weighted by Gasteiger charge is 2.13. The molecule has 3 aromatic rings. The van der Waals surface area contributed by atoms with Crippen molar-refractivity contribution in [2.24, 2.45) is 7.05 Å². The van der Waals surface area contributed by atoms with Gasteiger partial charge in [-0.15, -0.1) is 0 Å². The highest BCUT2D eigenvalue weighted by Crippen LogP contribution is 2.20. The average Bonchev–Trinajstić information content (AvgIpc) is 3.04. The number of amides is 1. The van der Waals surface area contributed by atoms with Crippen molar-refractivity contribution in [1.82, 2.24) is 20.1 Å². The minimum Gasteiger partial charge on any atom is -0.351 e. The van der Waals surface area contributed by atoms with E-state index in [1.165, 1.54) is 0 Å². The number of carbonyl (C=O) groups excluding carboxylic acids is 1. The van der Waals surface area contributed by atoms with E-state index in [-0.39, 0.29) is 11.9 Å². The van der Waals surface area contributed by atoms with E-state index in [1.54, 1.807) is 10.7 Å². The summed E-state index contributed by atoms with van der Waals surface area (Å²) in [6.45, 7) is 1.98. The van der Waals surface area contributed by atoms with Crippen LogP contribution in [0.2, 0.25) is 5.02 Å². The zero-order valence-electron chi connectivity index (χ0n) is 12.4. The molecule has 2 N–H and O–H groups in total. The number of benzene rings is 1. The number of fused-ring (bicyclic) bond motifs is 1. The third-order valence-electron chi connectivity index (χ3n) is 3.51. The molecule has 0 spiro atoms. The van der Waals surface area contributed by atoms with Crippen LogP contribution in [0.15, 0.2) is 36.7 Å². The Balaban J connectivity index is 1.69. The maximum atomic E-state index is 12.3. The highest BCUT2D eigenvalue weighted by atomic mass is 35.5. The number of H-pyrrole nitrogens is 1. The summed E-state index contributed by atoms with van der Waals surface area (Å²) in [6, 6.07) is 7.34. The van der Waals surface area contributed by atoms with Crippen molar-refractivity contribution in [3.63, 3.8) is 0 Å². The summed E-state index contributed by atoms with van der Waals surface area (Å²) < 4.78 is 1.76. The largest absolute Gasteiger partial charge is 0.351 e. The molecule has 3 rings (SSSR count). The SMILES string of the molecule is CC(Cc1cnn(C)c1)NC(=O)c1cc2cc(Cl)ccc2[nH]1. The topological polar surface area (TPSA) is 62.7 Å². The van der Waals surface area contributed by atoms with E-state index in [0.717, 1.165) is 22.9 Å². The van der Waals surface area contributed by atoms with Crippen molar-refractivity contribution >= 4 is 28.4 Å². The number of nitrogens with zero attached hydrogens (tertiary/aromatic N) is 2. The number of rotatable bonds is 4. The lowest BCUT2D eigenvalue weighted by Crippen LogP contribution is -2.34. The fourth-order valence-corrected chi connectivity index (χ4v) is 2.69. The number of aryl methyl sites for hydroxylation is 1. The summed E-state index contributed by atoms with van der Waals surface area (Å²) >= 11 is 5.96. The van der Waals surface area contributed by atoms with E-state index >= 15 is 0 Å². The van der Waals surface area contributed by atoms with Gasteiger partial charge in [-0.25, -0.2) is 0 Å². The Morgan fingerprint density at radius 2 is 2.27 bits per heavy atom. The predicted octanol–water partition coefficient (Wildman–Crippen LogP) is 2.92. The Morgan fingerprint density at radius 1 is 1.45 bits per heavy atom. The summed E-state index contributed by atoms with van der Waals surface area (Å²) in [5.74, 6) is -0.122. The molecule has 6 heteroatoms. The molecule has 5 nitrogen and oxygen atoms in total. The molecule has 0 aliphatic heterocycles. The Hall–Kier alpha value is -2.27. The van der Waals surface area contributed by atoms with Crippen LogP contribution in [0.5, 0.6) is 0 Å². The molecule has 2 aromatic heterocycles. The molecule has 0 fully saturated rings. The van der Waals surface area contributed by atoms with E-state index in [9.17, 15) is 4.79 Å². The molecule has 114 valence electrons. The summed E-state index contributed by atoms with van der Waals surface area (Å²) in [5, 5.41) is 8.70. The average molecular weight is 317 g/mol. The maximum absolute atomic E-state index is 12.3. The van der Waals surface area contributed by atoms with Gasteiger partial charge in [-0.05, 0) is 43.2 Å². The molecule has 0 saturated heterocycles. The van der Waals surface area contributed by atoms with Gasteiger partial charge < -0.3 is 10.3 Å². The lowest BCUT2D eigenvalue weighted by Gasteiger charge is -2.11. The van der Waals surface area contributed by atoms with Crippen molar-refractivity contribution in [3.05, 3.63) is 52.9 Å². The Labute approximate surface area is 133 Å². The lowest BCUT2D eigenvalue weighted by atomic mass is 10.1. The zero-order valence-corrected chi connectivity index (χ0v) is 13.2. The summed E-state index contributed by atoms with van der Waals surface area (Å²) in [5.41, 5.74) is 2.53. The van der Waals surface area contributed by atoms with Crippen molar-refractivity contribution < 1.29 is 4.79 Å². The molecule has 1 amide bonds. The first-order chi connectivity index (χ1) is 10.5. The standard InChI is InChI=1S/C16H17ClN4O/c1-10(5-11-8-18-21(2)9-11)19-16(22)15-7-12-6-13(17)3-4-14(12)20-15/h3-4,6-10,20H,5H2,1-2H3,(H,19,22). The van der Waals surface area contributed by atoms with Crippen LogP contribution in [0.25, 0.3) is 10.9 Å². The summed E-state index contributed by atoms with van der Waals surface area (Å²) in [4.78, 5) is 15.4. The Bertz CT molecular complexity index is 821. The second kappa shape index (κ2) is 5.85. The Kier molecular flexibility index (Phi) is 3.90. The molecule has 22 heavy (non-hydrogen) atoms. The Morgan fingerprint density at radius 3 is 3.00 bits per heavy atom. The van der Waals surface area contributed by atoms with Gasteiger partial charge >= 0.3 is 0 Å². The van der Waals surface area contributed by atoms with Gasteiger partial charge in [-0.1, -0.05) is 11.6 Å². The van der Waals surface area contributed by atoms with E-state index in [2.05, 4.69) is 15.4 Å². The van der Waals surface area contributed by atoms with E-state index < -0.39 is 0 Å². The number of aromatic amines is 1. The fraction of sp³-hybridized carbons (Fsp3) is 0.250. The van der Waals surface area contributed by atoms with Gasteiger partial charge in [-0.3, -0.25) is 9.48 Å². The minimum atomic E-state index is -0.122. The summed E-state index contributed by atoms with van der Waals surface area (Å²) in [6.07, 6.45) is 4.51. The third kappa shape index (κ3) is 3.14. The molecular formula is C16H17ClN4O. The molecule has 0 aliphatic rings. The number of halogens is 1. The minimum absolute atomic E-state index is 0.0201. The number of hydrogen-bond acceptors (Lipinski definition) is 2. The third-order valence-corrected chi connectivity index (χ3v) is 3.74. The van der Waals surface area contributed by atoms with Gasteiger partial charge in [0.15, 0.2) is 0 Å². The van der Waals surface area contributed by atoms with Crippen LogP contribution in [0.3, 0.4) is 0 Å². The maximum Gasteiger partial charge on any atom is 0.267 e. The van der Waals surface area contributed by atoms with Gasteiger partial charge in [0.05, 0.1) is 6.20 Å². The van der Waals surface area contributed by atoms with E-state index in [4.69, 9.17) is 11.6 Å².